The van der Waals surface area contributed by atoms with E-state index in [2.05, 4.69) is 9.11 Å². The molecule has 0 aliphatic carbocycles. The summed E-state index contributed by atoms with van der Waals surface area (Å²) < 4.78 is 70.4. The Morgan fingerprint density at radius 2 is 1.84 bits per heavy atom. The molecule has 164 valence electrons. The van der Waals surface area contributed by atoms with Crippen LogP contribution in [0.5, 0.6) is 5.75 Å². The third-order valence-corrected chi connectivity index (χ3v) is 5.53. The first-order valence-corrected chi connectivity index (χ1v) is 10.2. The molecule has 0 unspecified atom stereocenters. The molecule has 4 nitrogen and oxygen atoms in total. The number of alkyl halides is 1. The molecule has 0 radical (unpaired) electrons. The number of aromatic nitrogens is 1. The van der Waals surface area contributed by atoms with E-state index in [4.69, 9.17) is 16.3 Å². The summed E-state index contributed by atoms with van der Waals surface area (Å²) in [5.74, 6) is -3.81. The minimum atomic E-state index is -0.982. The molecule has 2 aromatic carbocycles. The van der Waals surface area contributed by atoms with Gasteiger partial charge in [-0.25, -0.2) is 17.6 Å². The van der Waals surface area contributed by atoms with Gasteiger partial charge in [0.25, 0.3) is 0 Å². The van der Waals surface area contributed by atoms with Gasteiger partial charge in [0.1, 0.15) is 19.1 Å². The molecule has 0 spiro atoms. The second-order valence-corrected chi connectivity index (χ2v) is 7.74. The third-order valence-electron chi connectivity index (χ3n) is 4.44. The molecule has 0 saturated carbocycles. The van der Waals surface area contributed by atoms with Crippen molar-refractivity contribution in [1.29, 1.82) is 0 Å². The van der Waals surface area contributed by atoms with Crippen molar-refractivity contribution in [2.75, 3.05) is 7.11 Å². The van der Waals surface area contributed by atoms with Crippen LogP contribution in [0.4, 0.5) is 17.6 Å². The van der Waals surface area contributed by atoms with Crippen LogP contribution in [0.3, 0.4) is 0 Å². The molecule has 0 atom stereocenters. The average molecular weight is 474 g/mol. The highest BCUT2D eigenvalue weighted by Gasteiger charge is 2.21. The summed E-state index contributed by atoms with van der Waals surface area (Å²) in [5, 5.41) is 0.177. The summed E-state index contributed by atoms with van der Waals surface area (Å²) in [5.41, 5.74) is 0.612. The van der Waals surface area contributed by atoms with Crippen molar-refractivity contribution in [3.8, 4) is 17.0 Å². The van der Waals surface area contributed by atoms with E-state index in [-0.39, 0.29) is 45.1 Å². The second-order valence-electron chi connectivity index (χ2n) is 6.44. The van der Waals surface area contributed by atoms with Crippen molar-refractivity contribution in [3.63, 3.8) is 0 Å². The van der Waals surface area contributed by atoms with E-state index in [0.717, 1.165) is 29.7 Å². The number of esters is 1. The van der Waals surface area contributed by atoms with Crippen LogP contribution in [0.25, 0.3) is 11.3 Å². The van der Waals surface area contributed by atoms with Gasteiger partial charge in [0.15, 0.2) is 17.4 Å². The smallest absolute Gasteiger partial charge is 0.305 e. The zero-order valence-corrected chi connectivity index (χ0v) is 17.8. The maximum absolute atomic E-state index is 14.4. The lowest BCUT2D eigenvalue weighted by molar-refractivity contribution is -0.140. The van der Waals surface area contributed by atoms with Crippen LogP contribution in [-0.4, -0.2) is 17.5 Å². The van der Waals surface area contributed by atoms with Gasteiger partial charge in [-0.15, -0.1) is 0 Å². The topological polar surface area (TPSA) is 48.4 Å². The summed E-state index contributed by atoms with van der Waals surface area (Å²) in [6.07, 6.45) is 0.0489. The predicted molar refractivity (Wildman–Crippen MR) is 108 cm³/mol. The molecule has 0 saturated heterocycles. The highest BCUT2D eigenvalue weighted by molar-refractivity contribution is 7.06. The van der Waals surface area contributed by atoms with E-state index in [1.807, 2.05) is 0 Å². The quantitative estimate of drug-likeness (QED) is 0.296. The van der Waals surface area contributed by atoms with Crippen LogP contribution in [0.1, 0.15) is 22.4 Å². The molecule has 1 aromatic heterocycles. The number of rotatable bonds is 8. The Balaban J connectivity index is 1.84. The van der Waals surface area contributed by atoms with Crippen LogP contribution in [0.2, 0.25) is 5.02 Å². The first kappa shape index (κ1) is 23.0. The number of halogens is 5. The molecule has 3 rings (SSSR count). The fraction of sp³-hybridized carbons (Fsp3) is 0.238. The minimum absolute atomic E-state index is 0.0357. The highest BCUT2D eigenvalue weighted by atomic mass is 35.5. The zero-order chi connectivity index (χ0) is 22.5. The van der Waals surface area contributed by atoms with Gasteiger partial charge in [-0.2, -0.15) is 4.37 Å². The molecule has 0 N–H and O–H groups in total. The lowest BCUT2D eigenvalue weighted by atomic mass is 10.1. The van der Waals surface area contributed by atoms with Crippen molar-refractivity contribution >= 4 is 29.1 Å². The number of benzene rings is 2. The lowest BCUT2D eigenvalue weighted by Crippen LogP contribution is -2.05. The van der Waals surface area contributed by atoms with Crippen LogP contribution >= 0.6 is 23.1 Å². The maximum atomic E-state index is 14.4. The first-order valence-electron chi connectivity index (χ1n) is 9.00. The Morgan fingerprint density at radius 1 is 1.13 bits per heavy atom. The summed E-state index contributed by atoms with van der Waals surface area (Å²) in [7, 11) is 1.22. The average Bonchev–Trinajstić information content (AvgIpc) is 3.14. The maximum Gasteiger partial charge on any atom is 0.305 e. The van der Waals surface area contributed by atoms with Gasteiger partial charge >= 0.3 is 5.97 Å². The molecule has 3 aromatic rings. The summed E-state index contributed by atoms with van der Waals surface area (Å²) >= 11 is 6.57. The van der Waals surface area contributed by atoms with Gasteiger partial charge in [0.05, 0.1) is 17.7 Å². The monoisotopic (exact) mass is 473 g/mol. The fourth-order valence-corrected chi connectivity index (χ4v) is 3.76. The van der Waals surface area contributed by atoms with Gasteiger partial charge in [0.2, 0.25) is 0 Å². The molecule has 31 heavy (non-hydrogen) atoms. The number of carbonyl (C=O) groups excluding carboxylic acids is 1. The van der Waals surface area contributed by atoms with E-state index >= 15 is 0 Å². The molecule has 0 aliphatic rings. The van der Waals surface area contributed by atoms with Crippen LogP contribution in [-0.2, 0) is 29.2 Å². The van der Waals surface area contributed by atoms with Crippen LogP contribution in [0, 0.1) is 17.5 Å². The number of aryl methyl sites for hydroxylation is 1. The first-order chi connectivity index (χ1) is 14.8. The number of methoxy groups -OCH3 is 1. The zero-order valence-electron chi connectivity index (χ0n) is 16.2. The number of carbonyl (C=O) groups is 1. The summed E-state index contributed by atoms with van der Waals surface area (Å²) in [6.45, 7) is -1.33. The number of ether oxygens (including phenoxy) is 2. The van der Waals surface area contributed by atoms with Crippen LogP contribution in [0.15, 0.2) is 30.3 Å². The Labute approximate surface area is 184 Å². The fourth-order valence-electron chi connectivity index (χ4n) is 2.88. The Bertz CT molecular complexity index is 1080. The lowest BCUT2D eigenvalue weighted by Gasteiger charge is -2.12. The van der Waals surface area contributed by atoms with Gasteiger partial charge in [-0.1, -0.05) is 11.6 Å². The van der Waals surface area contributed by atoms with E-state index in [1.54, 1.807) is 0 Å². The molecule has 10 heteroatoms. The van der Waals surface area contributed by atoms with Crippen molar-refractivity contribution < 1.29 is 31.8 Å². The molecular weight excluding hydrogens is 458 g/mol. The predicted octanol–water partition coefficient (Wildman–Crippen LogP) is 6.03. The molecule has 0 fully saturated rings. The van der Waals surface area contributed by atoms with E-state index in [0.29, 0.717) is 0 Å². The van der Waals surface area contributed by atoms with E-state index < -0.39 is 42.5 Å². The van der Waals surface area contributed by atoms with Crippen LogP contribution < -0.4 is 4.74 Å². The number of hydrogen-bond acceptors (Lipinski definition) is 5. The normalized spacial score (nSPS) is 10.9. The van der Waals surface area contributed by atoms with Gasteiger partial charge in [-0.3, -0.25) is 4.79 Å². The number of nitrogens with zero attached hydrogens (tertiary/aromatic N) is 1. The van der Waals surface area contributed by atoms with Crippen molar-refractivity contribution in [1.82, 2.24) is 4.37 Å². The molecule has 0 aliphatic heterocycles. The molecular formula is C21H16ClF4NO3S. The molecule has 1 heterocycles. The second kappa shape index (κ2) is 10.1. The SMILES string of the molecule is COC(=O)CCc1cc(F)c(OCc2c(-c3ccc(Cl)cc3F)nsc2CF)c(F)c1. The molecule has 0 amide bonds. The highest BCUT2D eigenvalue weighted by Crippen LogP contribution is 2.34. The van der Waals surface area contributed by atoms with Crippen molar-refractivity contribution in [2.24, 2.45) is 0 Å². The summed E-state index contributed by atoms with van der Waals surface area (Å²) in [6, 6.07) is 6.01. The minimum Gasteiger partial charge on any atom is -0.483 e. The Hall–Kier alpha value is -2.65. The largest absolute Gasteiger partial charge is 0.483 e. The van der Waals surface area contributed by atoms with E-state index in [9.17, 15) is 22.4 Å². The van der Waals surface area contributed by atoms with Gasteiger partial charge in [-0.05, 0) is 53.8 Å². The summed E-state index contributed by atoms with van der Waals surface area (Å²) in [4.78, 5) is 11.4. The third kappa shape index (κ3) is 5.34. The molecule has 0 bridgehead atoms. The van der Waals surface area contributed by atoms with E-state index in [1.165, 1.54) is 19.2 Å². The van der Waals surface area contributed by atoms with Gasteiger partial charge in [0, 0.05) is 22.6 Å². The Kier molecular flexibility index (Phi) is 7.50. The Morgan fingerprint density at radius 3 is 2.45 bits per heavy atom. The van der Waals surface area contributed by atoms with Crippen molar-refractivity contribution in [3.05, 3.63) is 68.8 Å². The van der Waals surface area contributed by atoms with Crippen molar-refractivity contribution in [2.45, 2.75) is 26.1 Å². The standard InChI is InChI=1S/C21H16ClF4NO3S/c1-29-19(28)5-2-11-6-16(25)21(17(26)7-11)30-10-14-18(9-23)31-27-20(14)13-4-3-12(22)8-15(13)24/h3-4,6-8H,2,5,9-10H2,1H3. The van der Waals surface area contributed by atoms with Gasteiger partial charge < -0.3 is 9.47 Å². The number of hydrogen-bond donors (Lipinski definition) is 0.